The van der Waals surface area contributed by atoms with E-state index in [4.69, 9.17) is 0 Å². The van der Waals surface area contributed by atoms with E-state index in [9.17, 15) is 9.59 Å². The monoisotopic (exact) mass is 392 g/mol. The van der Waals surface area contributed by atoms with E-state index in [1.54, 1.807) is 0 Å². The summed E-state index contributed by atoms with van der Waals surface area (Å²) in [6.07, 6.45) is 9.61. The molecule has 0 unspecified atom stereocenters. The van der Waals surface area contributed by atoms with Gasteiger partial charge in [-0.25, -0.2) is 0 Å². The van der Waals surface area contributed by atoms with Gasteiger partial charge in [-0.1, -0.05) is 56.5 Å². The van der Waals surface area contributed by atoms with Gasteiger partial charge in [-0.05, 0) is 55.7 Å². The van der Waals surface area contributed by atoms with E-state index in [2.05, 4.69) is 24.4 Å². The van der Waals surface area contributed by atoms with Crippen LogP contribution in [0.1, 0.15) is 85.0 Å². The molecule has 0 aliphatic heterocycles. The third kappa shape index (κ3) is 4.47. The Morgan fingerprint density at radius 2 is 1.86 bits per heavy atom. The minimum Gasteiger partial charge on any atom is -0.348 e. The molecule has 2 aliphatic rings. The number of amides is 1. The topological polar surface area (TPSA) is 51.1 Å². The predicted molar refractivity (Wildman–Crippen MR) is 117 cm³/mol. The Morgan fingerprint density at radius 1 is 1.10 bits per heavy atom. The van der Waals surface area contributed by atoms with Crippen LogP contribution in [0.2, 0.25) is 0 Å². The van der Waals surface area contributed by atoms with Crippen molar-refractivity contribution in [2.75, 3.05) is 0 Å². The van der Waals surface area contributed by atoms with Gasteiger partial charge in [-0.15, -0.1) is 0 Å². The van der Waals surface area contributed by atoms with E-state index in [-0.39, 0.29) is 17.5 Å². The molecule has 1 saturated carbocycles. The summed E-state index contributed by atoms with van der Waals surface area (Å²) in [5, 5.41) is 3.13. The van der Waals surface area contributed by atoms with Crippen molar-refractivity contribution >= 4 is 5.91 Å². The second-order valence-electron chi connectivity index (χ2n) is 8.59. The maximum Gasteiger partial charge on any atom is 0.263 e. The Bertz CT molecular complexity index is 916. The van der Waals surface area contributed by atoms with Crippen molar-refractivity contribution in [2.24, 2.45) is 0 Å². The lowest BCUT2D eigenvalue weighted by Gasteiger charge is -2.21. The maximum atomic E-state index is 13.2. The molecular formula is C25H32N2O2. The highest BCUT2D eigenvalue weighted by Crippen LogP contribution is 2.40. The van der Waals surface area contributed by atoms with Crippen LogP contribution in [-0.2, 0) is 19.4 Å². The normalized spacial score (nSPS) is 21.0. The first-order chi connectivity index (χ1) is 14.2. The van der Waals surface area contributed by atoms with Crippen LogP contribution in [0, 0.1) is 0 Å². The number of hydrogen-bond donors (Lipinski definition) is 1. The number of carbonyl (C=O) groups excluding carboxylic acids is 1. The number of nitrogens with one attached hydrogen (secondary N) is 1. The average Bonchev–Trinajstić information content (AvgIpc) is 3.48. The first-order valence-corrected chi connectivity index (χ1v) is 11.3. The SMILES string of the molecule is CCCCn1c2c(cc(C(=O)N[C@H]3C[C@@H]3c3ccccc3)c1=O)CCCCCC2. The second kappa shape index (κ2) is 8.98. The lowest BCUT2D eigenvalue weighted by atomic mass is 9.95. The zero-order valence-electron chi connectivity index (χ0n) is 17.5. The molecule has 0 bridgehead atoms. The molecule has 4 heteroatoms. The highest BCUT2D eigenvalue weighted by atomic mass is 16.2. The van der Waals surface area contributed by atoms with Crippen molar-refractivity contribution in [3.63, 3.8) is 0 Å². The molecule has 29 heavy (non-hydrogen) atoms. The minimum absolute atomic E-state index is 0.104. The van der Waals surface area contributed by atoms with Gasteiger partial charge in [0.25, 0.3) is 11.5 Å². The van der Waals surface area contributed by atoms with Crippen molar-refractivity contribution in [1.82, 2.24) is 9.88 Å². The number of aromatic nitrogens is 1. The fourth-order valence-corrected chi connectivity index (χ4v) is 4.62. The number of rotatable bonds is 6. The number of benzene rings is 1. The molecule has 1 fully saturated rings. The predicted octanol–water partition coefficient (Wildman–Crippen LogP) is 4.59. The fourth-order valence-electron chi connectivity index (χ4n) is 4.62. The number of aryl methyl sites for hydroxylation is 1. The number of fused-ring (bicyclic) bond motifs is 1. The van der Waals surface area contributed by atoms with E-state index in [1.165, 1.54) is 29.7 Å². The molecule has 2 aliphatic carbocycles. The summed E-state index contributed by atoms with van der Waals surface area (Å²) in [5.41, 5.74) is 3.87. The molecule has 0 saturated heterocycles. The van der Waals surface area contributed by atoms with E-state index in [1.807, 2.05) is 28.8 Å². The molecule has 1 amide bonds. The smallest absolute Gasteiger partial charge is 0.263 e. The average molecular weight is 393 g/mol. The van der Waals surface area contributed by atoms with Crippen LogP contribution in [0.25, 0.3) is 0 Å². The Morgan fingerprint density at radius 3 is 2.62 bits per heavy atom. The summed E-state index contributed by atoms with van der Waals surface area (Å²) in [4.78, 5) is 26.3. The molecule has 1 aromatic heterocycles. The first-order valence-electron chi connectivity index (χ1n) is 11.3. The third-order valence-electron chi connectivity index (χ3n) is 6.41. The van der Waals surface area contributed by atoms with E-state index >= 15 is 0 Å². The van der Waals surface area contributed by atoms with Crippen LogP contribution in [0.3, 0.4) is 0 Å². The van der Waals surface area contributed by atoms with Gasteiger partial charge in [0.05, 0.1) is 0 Å². The molecule has 0 spiro atoms. The van der Waals surface area contributed by atoms with Crippen LogP contribution in [0.5, 0.6) is 0 Å². The third-order valence-corrected chi connectivity index (χ3v) is 6.41. The minimum atomic E-state index is -0.200. The highest BCUT2D eigenvalue weighted by molar-refractivity contribution is 5.94. The van der Waals surface area contributed by atoms with Gasteiger partial charge in [-0.3, -0.25) is 9.59 Å². The molecule has 1 N–H and O–H groups in total. The lowest BCUT2D eigenvalue weighted by Crippen LogP contribution is -2.36. The summed E-state index contributed by atoms with van der Waals surface area (Å²) >= 11 is 0. The summed E-state index contributed by atoms with van der Waals surface area (Å²) in [6, 6.07) is 12.3. The van der Waals surface area contributed by atoms with Gasteiger partial charge >= 0.3 is 0 Å². The first kappa shape index (κ1) is 19.9. The molecule has 0 radical (unpaired) electrons. The largest absolute Gasteiger partial charge is 0.348 e. The number of carbonyl (C=O) groups is 1. The Hall–Kier alpha value is -2.36. The van der Waals surface area contributed by atoms with Crippen LogP contribution < -0.4 is 10.9 Å². The summed E-state index contributed by atoms with van der Waals surface area (Å²) in [6.45, 7) is 2.86. The van der Waals surface area contributed by atoms with Crippen LogP contribution in [0.4, 0.5) is 0 Å². The molecular weight excluding hydrogens is 360 g/mol. The fraction of sp³-hybridized carbons (Fsp3) is 0.520. The summed E-state index contributed by atoms with van der Waals surface area (Å²) in [7, 11) is 0. The molecule has 4 nitrogen and oxygen atoms in total. The summed E-state index contributed by atoms with van der Waals surface area (Å²) < 4.78 is 1.92. The van der Waals surface area contributed by atoms with E-state index < -0.39 is 0 Å². The Balaban J connectivity index is 1.58. The number of nitrogens with zero attached hydrogens (tertiary/aromatic N) is 1. The van der Waals surface area contributed by atoms with Gasteiger partial charge in [0.15, 0.2) is 0 Å². The van der Waals surface area contributed by atoms with Gasteiger partial charge < -0.3 is 9.88 Å². The van der Waals surface area contributed by atoms with Crippen LogP contribution in [-0.4, -0.2) is 16.5 Å². The molecule has 2 atom stereocenters. The number of pyridine rings is 1. The van der Waals surface area contributed by atoms with Gasteiger partial charge in [0.2, 0.25) is 0 Å². The zero-order valence-corrected chi connectivity index (χ0v) is 17.5. The van der Waals surface area contributed by atoms with E-state index in [0.29, 0.717) is 11.5 Å². The Kier molecular flexibility index (Phi) is 6.17. The molecule has 4 rings (SSSR count). The van der Waals surface area contributed by atoms with Gasteiger partial charge in [0.1, 0.15) is 5.56 Å². The van der Waals surface area contributed by atoms with Crippen molar-refractivity contribution in [3.05, 3.63) is 69.1 Å². The second-order valence-corrected chi connectivity index (χ2v) is 8.59. The zero-order chi connectivity index (χ0) is 20.2. The van der Waals surface area contributed by atoms with Crippen molar-refractivity contribution in [3.8, 4) is 0 Å². The van der Waals surface area contributed by atoms with Gasteiger partial charge in [-0.2, -0.15) is 0 Å². The van der Waals surface area contributed by atoms with Crippen LogP contribution >= 0.6 is 0 Å². The number of hydrogen-bond acceptors (Lipinski definition) is 2. The highest BCUT2D eigenvalue weighted by Gasteiger charge is 2.39. The van der Waals surface area contributed by atoms with Crippen molar-refractivity contribution in [2.45, 2.75) is 83.2 Å². The molecule has 2 aromatic rings. The van der Waals surface area contributed by atoms with Crippen molar-refractivity contribution in [1.29, 1.82) is 0 Å². The van der Waals surface area contributed by atoms with Crippen LogP contribution in [0.15, 0.2) is 41.2 Å². The lowest BCUT2D eigenvalue weighted by molar-refractivity contribution is 0.0948. The quantitative estimate of drug-likeness (QED) is 0.781. The number of unbranched alkanes of at least 4 members (excludes halogenated alkanes) is 1. The maximum absolute atomic E-state index is 13.2. The molecule has 1 heterocycles. The standard InChI is InChI=1S/C25H32N2O2/c1-2-3-15-27-23-14-10-5-4-7-13-19(23)16-21(25(27)29)24(28)26-22-17-20(22)18-11-8-6-9-12-18/h6,8-9,11-12,16,20,22H,2-5,7,10,13-15,17H2,1H3,(H,26,28)/t20-,22+/m1/s1. The van der Waals surface area contributed by atoms with E-state index in [0.717, 1.165) is 51.5 Å². The molecule has 1 aromatic carbocycles. The Labute approximate surface area is 173 Å². The molecule has 154 valence electrons. The van der Waals surface area contributed by atoms with Gasteiger partial charge in [0, 0.05) is 24.2 Å². The van der Waals surface area contributed by atoms with Crippen molar-refractivity contribution < 1.29 is 4.79 Å². The summed E-state index contributed by atoms with van der Waals surface area (Å²) in [5.74, 6) is 0.167.